The summed E-state index contributed by atoms with van der Waals surface area (Å²) in [6.07, 6.45) is 4.92. The van der Waals surface area contributed by atoms with Crippen LogP contribution in [-0.4, -0.2) is 26.0 Å². The predicted octanol–water partition coefficient (Wildman–Crippen LogP) is 2.89. The van der Waals surface area contributed by atoms with E-state index in [1.54, 1.807) is 11.8 Å². The molecular formula is C15H21N5S. The molecule has 1 atom stereocenters. The van der Waals surface area contributed by atoms with Crippen LogP contribution in [0.2, 0.25) is 0 Å². The molecule has 1 aromatic heterocycles. The molecule has 1 fully saturated rings. The van der Waals surface area contributed by atoms with Crippen LogP contribution in [0.1, 0.15) is 48.9 Å². The molecule has 5 nitrogen and oxygen atoms in total. The number of thioether (sulfide) groups is 1. The summed E-state index contributed by atoms with van der Waals surface area (Å²) >= 11 is 1.65. The summed E-state index contributed by atoms with van der Waals surface area (Å²) in [5, 5.41) is 13.0. The third kappa shape index (κ3) is 3.44. The molecular weight excluding hydrogens is 282 g/mol. The topological polar surface area (TPSA) is 69.6 Å². The second kappa shape index (κ2) is 6.58. The van der Waals surface area contributed by atoms with E-state index in [0.29, 0.717) is 6.04 Å². The van der Waals surface area contributed by atoms with E-state index in [0.717, 1.165) is 16.5 Å². The molecule has 0 radical (unpaired) electrons. The fraction of sp³-hybridized carbons (Fsp3) is 0.533. The van der Waals surface area contributed by atoms with Crippen molar-refractivity contribution in [3.63, 3.8) is 0 Å². The number of nitrogens with two attached hydrogens (primary N) is 1. The summed E-state index contributed by atoms with van der Waals surface area (Å²) in [5.41, 5.74) is 8.68. The smallest absolute Gasteiger partial charge is 0.209 e. The first-order valence-corrected chi connectivity index (χ1v) is 8.45. The summed E-state index contributed by atoms with van der Waals surface area (Å²) in [7, 11) is 0. The van der Waals surface area contributed by atoms with Crippen molar-refractivity contribution in [1.82, 2.24) is 20.2 Å². The number of aryl methyl sites for hydroxylation is 1. The lowest BCUT2D eigenvalue weighted by atomic mass is 10.1. The zero-order valence-corrected chi connectivity index (χ0v) is 13.1. The molecule has 6 heteroatoms. The molecule has 0 saturated heterocycles. The van der Waals surface area contributed by atoms with Crippen LogP contribution < -0.4 is 5.73 Å². The summed E-state index contributed by atoms with van der Waals surface area (Å²) < 4.78 is 1.99. The average molecular weight is 303 g/mol. The van der Waals surface area contributed by atoms with Crippen LogP contribution in [0.5, 0.6) is 0 Å². The highest BCUT2D eigenvalue weighted by atomic mass is 32.2. The quantitative estimate of drug-likeness (QED) is 0.860. The van der Waals surface area contributed by atoms with E-state index in [4.69, 9.17) is 5.73 Å². The fourth-order valence-electron chi connectivity index (χ4n) is 2.73. The first-order chi connectivity index (χ1) is 10.2. The zero-order chi connectivity index (χ0) is 14.7. The third-order valence-corrected chi connectivity index (χ3v) is 5.08. The SMILES string of the molecule is Cc1ccc(C(N)CSc2nnnn2C2CCCC2)cc1. The summed E-state index contributed by atoms with van der Waals surface area (Å²) in [5.74, 6) is 0.788. The van der Waals surface area contributed by atoms with Gasteiger partial charge in [0.05, 0.1) is 6.04 Å². The first-order valence-electron chi connectivity index (χ1n) is 7.47. The lowest BCUT2D eigenvalue weighted by Gasteiger charge is -2.14. The predicted molar refractivity (Wildman–Crippen MR) is 84.2 cm³/mol. The van der Waals surface area contributed by atoms with Crippen LogP contribution in [0.15, 0.2) is 29.4 Å². The molecule has 1 aromatic carbocycles. The van der Waals surface area contributed by atoms with Gasteiger partial charge in [0.15, 0.2) is 0 Å². The van der Waals surface area contributed by atoms with Gasteiger partial charge in [-0.2, -0.15) is 0 Å². The number of hydrogen-bond donors (Lipinski definition) is 1. The van der Waals surface area contributed by atoms with E-state index in [1.165, 1.54) is 31.2 Å². The van der Waals surface area contributed by atoms with E-state index < -0.39 is 0 Å². The van der Waals surface area contributed by atoms with E-state index in [9.17, 15) is 0 Å². The van der Waals surface area contributed by atoms with Gasteiger partial charge in [-0.05, 0) is 35.8 Å². The minimum Gasteiger partial charge on any atom is -0.323 e. The van der Waals surface area contributed by atoms with Crippen molar-refractivity contribution < 1.29 is 0 Å². The van der Waals surface area contributed by atoms with Crippen molar-refractivity contribution in [3.05, 3.63) is 35.4 Å². The van der Waals surface area contributed by atoms with Gasteiger partial charge in [0, 0.05) is 11.8 Å². The van der Waals surface area contributed by atoms with Gasteiger partial charge < -0.3 is 5.73 Å². The molecule has 112 valence electrons. The zero-order valence-electron chi connectivity index (χ0n) is 12.3. The molecule has 2 N–H and O–H groups in total. The molecule has 1 heterocycles. The maximum absolute atomic E-state index is 6.27. The van der Waals surface area contributed by atoms with Gasteiger partial charge in [-0.15, -0.1) is 5.10 Å². The Bertz CT molecular complexity index is 574. The molecule has 3 rings (SSSR count). The summed E-state index contributed by atoms with van der Waals surface area (Å²) in [6.45, 7) is 2.08. The molecule has 21 heavy (non-hydrogen) atoms. The Morgan fingerprint density at radius 2 is 2.00 bits per heavy atom. The van der Waals surface area contributed by atoms with Gasteiger partial charge in [0.2, 0.25) is 5.16 Å². The van der Waals surface area contributed by atoms with Gasteiger partial charge in [-0.3, -0.25) is 0 Å². The molecule has 0 amide bonds. The van der Waals surface area contributed by atoms with Crippen LogP contribution in [0, 0.1) is 6.92 Å². The molecule has 1 aliphatic carbocycles. The lowest BCUT2D eigenvalue weighted by molar-refractivity contribution is 0.423. The number of hydrogen-bond acceptors (Lipinski definition) is 5. The number of rotatable bonds is 5. The monoisotopic (exact) mass is 303 g/mol. The van der Waals surface area contributed by atoms with Gasteiger partial charge in [0.25, 0.3) is 0 Å². The second-order valence-corrected chi connectivity index (χ2v) is 6.66. The minimum atomic E-state index is 0.00401. The normalized spacial score (nSPS) is 17.2. The van der Waals surface area contributed by atoms with E-state index >= 15 is 0 Å². The van der Waals surface area contributed by atoms with Crippen molar-refractivity contribution in [3.8, 4) is 0 Å². The maximum atomic E-state index is 6.27. The summed E-state index contributed by atoms with van der Waals surface area (Å²) in [4.78, 5) is 0. The number of aromatic nitrogens is 4. The largest absolute Gasteiger partial charge is 0.323 e. The van der Waals surface area contributed by atoms with Crippen LogP contribution in [0.3, 0.4) is 0 Å². The Hall–Kier alpha value is -1.40. The molecule has 0 spiro atoms. The van der Waals surface area contributed by atoms with Gasteiger partial charge in [-0.1, -0.05) is 54.4 Å². The first kappa shape index (κ1) is 14.5. The Kier molecular flexibility index (Phi) is 4.55. The Balaban J connectivity index is 1.62. The van der Waals surface area contributed by atoms with Crippen LogP contribution >= 0.6 is 11.8 Å². The third-order valence-electron chi connectivity index (χ3n) is 4.03. The Labute approximate surface area is 129 Å². The summed E-state index contributed by atoms with van der Waals surface area (Å²) in [6, 6.07) is 8.87. The average Bonchev–Trinajstić information content (AvgIpc) is 3.16. The van der Waals surface area contributed by atoms with Crippen molar-refractivity contribution in [2.24, 2.45) is 5.73 Å². The fourth-order valence-corrected chi connectivity index (χ4v) is 3.67. The van der Waals surface area contributed by atoms with Crippen molar-refractivity contribution in [2.75, 3.05) is 5.75 Å². The van der Waals surface area contributed by atoms with E-state index in [-0.39, 0.29) is 6.04 Å². The maximum Gasteiger partial charge on any atom is 0.209 e. The molecule has 0 aliphatic heterocycles. The van der Waals surface area contributed by atoms with Crippen LogP contribution in [0.25, 0.3) is 0 Å². The van der Waals surface area contributed by atoms with Crippen molar-refractivity contribution in [2.45, 2.75) is 49.8 Å². The highest BCUT2D eigenvalue weighted by Crippen LogP contribution is 2.32. The second-order valence-electron chi connectivity index (χ2n) is 5.67. The van der Waals surface area contributed by atoms with Crippen molar-refractivity contribution >= 4 is 11.8 Å². The van der Waals surface area contributed by atoms with Crippen LogP contribution in [0.4, 0.5) is 0 Å². The standard InChI is InChI=1S/C15H21N5S/c1-11-6-8-12(9-7-11)14(16)10-21-15-17-18-19-20(15)13-4-2-3-5-13/h6-9,13-14H,2-5,10,16H2,1H3. The van der Waals surface area contributed by atoms with Gasteiger partial charge in [-0.25, -0.2) is 4.68 Å². The van der Waals surface area contributed by atoms with Gasteiger partial charge >= 0.3 is 0 Å². The number of nitrogens with zero attached hydrogens (tertiary/aromatic N) is 4. The highest BCUT2D eigenvalue weighted by Gasteiger charge is 2.22. The number of benzene rings is 1. The number of tetrazole rings is 1. The Morgan fingerprint density at radius 1 is 1.29 bits per heavy atom. The molecule has 0 bridgehead atoms. The lowest BCUT2D eigenvalue weighted by Crippen LogP contribution is -2.14. The molecule has 1 aliphatic rings. The minimum absolute atomic E-state index is 0.00401. The van der Waals surface area contributed by atoms with Gasteiger partial charge in [0.1, 0.15) is 0 Å². The van der Waals surface area contributed by atoms with Crippen molar-refractivity contribution in [1.29, 1.82) is 0 Å². The molecule has 1 saturated carbocycles. The molecule has 2 aromatic rings. The van der Waals surface area contributed by atoms with E-state index in [1.807, 2.05) is 4.68 Å². The van der Waals surface area contributed by atoms with Crippen LogP contribution in [-0.2, 0) is 0 Å². The highest BCUT2D eigenvalue weighted by molar-refractivity contribution is 7.99. The van der Waals surface area contributed by atoms with E-state index in [2.05, 4.69) is 46.7 Å². The molecule has 1 unspecified atom stereocenters. The Morgan fingerprint density at radius 3 is 2.71 bits per heavy atom.